The molecular formula is C14H14N2O6. The van der Waals surface area contributed by atoms with Gasteiger partial charge in [0, 0.05) is 6.42 Å². The van der Waals surface area contributed by atoms with Crippen molar-refractivity contribution in [3.63, 3.8) is 0 Å². The van der Waals surface area contributed by atoms with Crippen LogP contribution in [0.25, 0.3) is 0 Å². The van der Waals surface area contributed by atoms with Crippen molar-refractivity contribution in [1.29, 1.82) is 0 Å². The van der Waals surface area contributed by atoms with E-state index in [4.69, 9.17) is 14.6 Å². The topological polar surface area (TPSA) is 105 Å². The van der Waals surface area contributed by atoms with Crippen LogP contribution in [0.15, 0.2) is 18.2 Å². The summed E-state index contributed by atoms with van der Waals surface area (Å²) in [7, 11) is 0. The molecule has 0 aromatic heterocycles. The quantitative estimate of drug-likeness (QED) is 0.776. The van der Waals surface area contributed by atoms with Gasteiger partial charge in [0.1, 0.15) is 6.04 Å². The minimum Gasteiger partial charge on any atom is -0.481 e. The van der Waals surface area contributed by atoms with Gasteiger partial charge in [0.2, 0.25) is 6.79 Å². The third-order valence-corrected chi connectivity index (χ3v) is 3.53. The van der Waals surface area contributed by atoms with Gasteiger partial charge in [0.05, 0.1) is 6.54 Å². The van der Waals surface area contributed by atoms with Gasteiger partial charge in [-0.15, -0.1) is 0 Å². The number of carboxylic acid groups (broad SMARTS) is 1. The minimum atomic E-state index is -1.00. The molecule has 0 bridgehead atoms. The van der Waals surface area contributed by atoms with E-state index in [1.807, 2.05) is 0 Å². The number of nitrogens with one attached hydrogen (secondary N) is 1. The summed E-state index contributed by atoms with van der Waals surface area (Å²) >= 11 is 0. The molecule has 2 heterocycles. The summed E-state index contributed by atoms with van der Waals surface area (Å²) in [5, 5.41) is 11.2. The fraction of sp³-hybridized carbons (Fsp3) is 0.357. The van der Waals surface area contributed by atoms with Crippen LogP contribution in [-0.2, 0) is 16.1 Å². The molecule has 3 rings (SSSR count). The smallest absolute Gasteiger partial charge is 0.325 e. The molecule has 0 saturated carbocycles. The predicted octanol–water partition coefficient (Wildman–Crippen LogP) is 0.700. The number of ether oxygens (including phenoxy) is 2. The van der Waals surface area contributed by atoms with Gasteiger partial charge < -0.3 is 19.9 Å². The number of urea groups is 1. The van der Waals surface area contributed by atoms with Crippen LogP contribution in [-0.4, -0.2) is 40.7 Å². The Morgan fingerprint density at radius 1 is 1.32 bits per heavy atom. The van der Waals surface area contributed by atoms with Crippen LogP contribution in [0.4, 0.5) is 4.79 Å². The Bertz CT molecular complexity index is 644. The van der Waals surface area contributed by atoms with Gasteiger partial charge in [-0.1, -0.05) is 6.07 Å². The lowest BCUT2D eigenvalue weighted by Gasteiger charge is -2.13. The predicted molar refractivity (Wildman–Crippen MR) is 72.3 cm³/mol. The van der Waals surface area contributed by atoms with Crippen LogP contribution < -0.4 is 14.8 Å². The molecule has 0 unspecified atom stereocenters. The van der Waals surface area contributed by atoms with E-state index >= 15 is 0 Å². The third-order valence-electron chi connectivity index (χ3n) is 3.53. The van der Waals surface area contributed by atoms with Crippen LogP contribution >= 0.6 is 0 Å². The largest absolute Gasteiger partial charge is 0.481 e. The highest BCUT2D eigenvalue weighted by Gasteiger charge is 2.37. The number of hydrogen-bond donors (Lipinski definition) is 2. The van der Waals surface area contributed by atoms with Gasteiger partial charge in [0.15, 0.2) is 11.5 Å². The van der Waals surface area contributed by atoms with E-state index in [1.54, 1.807) is 18.2 Å². The molecule has 0 spiro atoms. The number of carbonyl (C=O) groups excluding carboxylic acids is 2. The van der Waals surface area contributed by atoms with E-state index in [9.17, 15) is 14.4 Å². The summed E-state index contributed by atoms with van der Waals surface area (Å²) in [5.74, 6) is -0.215. The Balaban J connectivity index is 1.68. The average molecular weight is 306 g/mol. The zero-order valence-corrected chi connectivity index (χ0v) is 11.6. The first-order valence-corrected chi connectivity index (χ1v) is 6.77. The molecular weight excluding hydrogens is 292 g/mol. The maximum Gasteiger partial charge on any atom is 0.325 e. The lowest BCUT2D eigenvalue weighted by molar-refractivity contribution is -0.137. The Morgan fingerprint density at radius 3 is 2.86 bits per heavy atom. The SMILES string of the molecule is O=C(O)CC[C@@H]1NC(=O)N(Cc2ccc3c(c2)OCO3)C1=O. The number of rotatable bonds is 5. The van der Waals surface area contributed by atoms with Crippen molar-refractivity contribution in [3.05, 3.63) is 23.8 Å². The molecule has 1 fully saturated rings. The van der Waals surface area contributed by atoms with Crippen molar-refractivity contribution in [2.75, 3.05) is 6.79 Å². The highest BCUT2D eigenvalue weighted by atomic mass is 16.7. The van der Waals surface area contributed by atoms with E-state index in [-0.39, 0.29) is 26.2 Å². The molecule has 0 aliphatic carbocycles. The number of benzene rings is 1. The molecule has 8 nitrogen and oxygen atoms in total. The fourth-order valence-corrected chi connectivity index (χ4v) is 2.41. The van der Waals surface area contributed by atoms with Gasteiger partial charge >= 0.3 is 12.0 Å². The number of amides is 3. The van der Waals surface area contributed by atoms with Gasteiger partial charge in [0.25, 0.3) is 5.91 Å². The molecule has 116 valence electrons. The van der Waals surface area contributed by atoms with E-state index < -0.39 is 23.9 Å². The van der Waals surface area contributed by atoms with Gasteiger partial charge in [-0.25, -0.2) is 4.79 Å². The zero-order valence-electron chi connectivity index (χ0n) is 11.6. The Hall–Kier alpha value is -2.77. The molecule has 1 saturated heterocycles. The summed E-state index contributed by atoms with van der Waals surface area (Å²) in [5.41, 5.74) is 0.728. The van der Waals surface area contributed by atoms with Gasteiger partial charge in [-0.2, -0.15) is 0 Å². The van der Waals surface area contributed by atoms with Crippen molar-refractivity contribution in [2.45, 2.75) is 25.4 Å². The molecule has 2 aliphatic rings. The Labute approximate surface area is 125 Å². The lowest BCUT2D eigenvalue weighted by Crippen LogP contribution is -2.31. The number of nitrogens with zero attached hydrogens (tertiary/aromatic N) is 1. The Morgan fingerprint density at radius 2 is 2.09 bits per heavy atom. The van der Waals surface area contributed by atoms with E-state index in [2.05, 4.69) is 5.32 Å². The van der Waals surface area contributed by atoms with E-state index in [0.29, 0.717) is 11.5 Å². The number of aliphatic carboxylic acids is 1. The fourth-order valence-electron chi connectivity index (χ4n) is 2.41. The maximum atomic E-state index is 12.2. The monoisotopic (exact) mass is 306 g/mol. The number of hydrogen-bond acceptors (Lipinski definition) is 5. The summed E-state index contributed by atoms with van der Waals surface area (Å²) in [6.07, 6.45) is -0.0912. The molecule has 1 aromatic carbocycles. The number of carbonyl (C=O) groups is 3. The summed E-state index contributed by atoms with van der Waals surface area (Å²) in [6.45, 7) is 0.254. The Kier molecular flexibility index (Phi) is 3.58. The van der Waals surface area contributed by atoms with Crippen LogP contribution in [0.2, 0.25) is 0 Å². The first-order valence-electron chi connectivity index (χ1n) is 6.77. The van der Waals surface area contributed by atoms with Crippen molar-refractivity contribution in [3.8, 4) is 11.5 Å². The van der Waals surface area contributed by atoms with Crippen molar-refractivity contribution >= 4 is 17.9 Å². The lowest BCUT2D eigenvalue weighted by atomic mass is 10.1. The second kappa shape index (κ2) is 5.55. The van der Waals surface area contributed by atoms with Crippen LogP contribution in [0, 0.1) is 0 Å². The van der Waals surface area contributed by atoms with Crippen molar-refractivity contribution < 1.29 is 29.0 Å². The molecule has 3 amide bonds. The summed E-state index contributed by atoms with van der Waals surface area (Å²) < 4.78 is 10.5. The number of imide groups is 1. The van der Waals surface area contributed by atoms with E-state index in [0.717, 1.165) is 10.5 Å². The molecule has 1 aromatic rings. The molecule has 2 aliphatic heterocycles. The normalized spacial score (nSPS) is 19.5. The highest BCUT2D eigenvalue weighted by Crippen LogP contribution is 2.33. The molecule has 22 heavy (non-hydrogen) atoms. The van der Waals surface area contributed by atoms with Crippen LogP contribution in [0.3, 0.4) is 0 Å². The first kappa shape index (κ1) is 14.2. The van der Waals surface area contributed by atoms with E-state index in [1.165, 1.54) is 0 Å². The molecule has 2 N–H and O–H groups in total. The average Bonchev–Trinajstić information content (AvgIpc) is 3.04. The van der Waals surface area contributed by atoms with Crippen molar-refractivity contribution in [2.24, 2.45) is 0 Å². The molecule has 0 radical (unpaired) electrons. The number of carboxylic acids is 1. The first-order chi connectivity index (χ1) is 10.5. The number of fused-ring (bicyclic) bond motifs is 1. The van der Waals surface area contributed by atoms with Crippen LogP contribution in [0.1, 0.15) is 18.4 Å². The van der Waals surface area contributed by atoms with Crippen LogP contribution in [0.5, 0.6) is 11.5 Å². The molecule has 8 heteroatoms. The minimum absolute atomic E-state index is 0.0809. The second-order valence-electron chi connectivity index (χ2n) is 5.05. The second-order valence-corrected chi connectivity index (χ2v) is 5.05. The maximum absolute atomic E-state index is 12.2. The summed E-state index contributed by atoms with van der Waals surface area (Å²) in [4.78, 5) is 35.7. The van der Waals surface area contributed by atoms with Gasteiger partial charge in [-0.05, 0) is 24.1 Å². The summed E-state index contributed by atoms with van der Waals surface area (Å²) in [6, 6.07) is 3.89. The molecule has 1 atom stereocenters. The third kappa shape index (κ3) is 2.67. The highest BCUT2D eigenvalue weighted by molar-refractivity contribution is 6.04. The standard InChI is InChI=1S/C14H14N2O6/c17-12(18)4-2-9-13(19)16(14(20)15-9)6-8-1-3-10-11(5-8)22-7-21-10/h1,3,5,9H,2,4,6-7H2,(H,15,20)(H,17,18)/t9-/m0/s1. The zero-order chi connectivity index (χ0) is 15.7. The van der Waals surface area contributed by atoms with Crippen molar-refractivity contribution in [1.82, 2.24) is 10.2 Å². The van der Waals surface area contributed by atoms with Gasteiger partial charge in [-0.3, -0.25) is 14.5 Å².